The van der Waals surface area contributed by atoms with Gasteiger partial charge in [-0.2, -0.15) is 0 Å². The Balaban J connectivity index is 2.02. The molecule has 8 nitrogen and oxygen atoms in total. The molecule has 2 unspecified atom stereocenters. The quantitative estimate of drug-likeness (QED) is 0.442. The first-order valence-corrected chi connectivity index (χ1v) is 11.5. The summed E-state index contributed by atoms with van der Waals surface area (Å²) < 4.78 is 25.7. The van der Waals surface area contributed by atoms with E-state index in [0.717, 1.165) is 0 Å². The van der Waals surface area contributed by atoms with Crippen molar-refractivity contribution < 1.29 is 28.2 Å². The summed E-state index contributed by atoms with van der Waals surface area (Å²) in [5, 5.41) is 23.8. The van der Waals surface area contributed by atoms with Crippen molar-refractivity contribution in [2.45, 2.75) is 61.5 Å². The molecule has 2 rings (SSSR count). The van der Waals surface area contributed by atoms with Crippen LogP contribution in [-0.4, -0.2) is 42.7 Å². The highest BCUT2D eigenvalue weighted by atomic mass is 32.2. The van der Waals surface area contributed by atoms with Crippen molar-refractivity contribution in [1.29, 1.82) is 0 Å². The van der Waals surface area contributed by atoms with Gasteiger partial charge in [0, 0.05) is 24.2 Å². The van der Waals surface area contributed by atoms with Gasteiger partial charge in [-0.25, -0.2) is 8.42 Å². The van der Waals surface area contributed by atoms with Gasteiger partial charge in [0.25, 0.3) is 0 Å². The minimum atomic E-state index is -3.76. The van der Waals surface area contributed by atoms with Gasteiger partial charge in [0.15, 0.2) is 0 Å². The number of sulfone groups is 1. The van der Waals surface area contributed by atoms with E-state index in [2.05, 4.69) is 10.6 Å². The molecule has 4 N–H and O–H groups in total. The van der Waals surface area contributed by atoms with E-state index in [0.29, 0.717) is 24.2 Å². The molecule has 9 heteroatoms. The van der Waals surface area contributed by atoms with Crippen molar-refractivity contribution in [1.82, 2.24) is 0 Å². The van der Waals surface area contributed by atoms with Gasteiger partial charge in [-0.15, -0.1) is 0 Å². The van der Waals surface area contributed by atoms with Gasteiger partial charge in [-0.3, -0.25) is 9.59 Å². The first kappa shape index (κ1) is 24.5. The molecule has 0 aromatic heterocycles. The summed E-state index contributed by atoms with van der Waals surface area (Å²) in [6.45, 7) is 3.20. The SMILES string of the molecule is CC(O)CCC(=O)Nc1ccc(S(=O)(=O)c2ccc(NC(=O)CCC(C)O)cc2)cc1. The molecule has 0 fully saturated rings. The molecule has 0 saturated carbocycles. The number of hydrogen-bond acceptors (Lipinski definition) is 6. The monoisotopic (exact) mass is 448 g/mol. The molecule has 0 aliphatic carbocycles. The minimum absolute atomic E-state index is 0.0724. The predicted octanol–water partition coefficient (Wildman–Crippen LogP) is 2.72. The number of carbonyl (C=O) groups excluding carboxylic acids is 2. The fourth-order valence-electron chi connectivity index (χ4n) is 2.70. The van der Waals surface area contributed by atoms with Crippen LogP contribution in [-0.2, 0) is 19.4 Å². The van der Waals surface area contributed by atoms with Crippen LogP contribution in [0.5, 0.6) is 0 Å². The second-order valence-electron chi connectivity index (χ2n) is 7.42. The normalized spacial score (nSPS) is 13.3. The van der Waals surface area contributed by atoms with Crippen molar-refractivity contribution in [2.75, 3.05) is 10.6 Å². The summed E-state index contributed by atoms with van der Waals surface area (Å²) in [6.07, 6.45) is -0.117. The molecule has 2 atom stereocenters. The Labute approximate surface area is 182 Å². The third-order valence-corrected chi connectivity index (χ3v) is 6.26. The average Bonchev–Trinajstić information content (AvgIpc) is 2.71. The van der Waals surface area contributed by atoms with E-state index in [-0.39, 0.29) is 34.4 Å². The van der Waals surface area contributed by atoms with E-state index in [1.807, 2.05) is 0 Å². The Morgan fingerprint density at radius 2 is 1.06 bits per heavy atom. The van der Waals surface area contributed by atoms with Crippen LogP contribution in [0, 0.1) is 0 Å². The van der Waals surface area contributed by atoms with E-state index in [1.54, 1.807) is 13.8 Å². The number of rotatable bonds is 10. The number of benzene rings is 2. The van der Waals surface area contributed by atoms with Gasteiger partial charge in [-0.05, 0) is 75.2 Å². The third kappa shape index (κ3) is 7.78. The number of carbonyl (C=O) groups is 2. The standard InChI is InChI=1S/C22H28N2O6S/c1-15(25)3-13-21(27)23-17-5-9-19(10-6-17)31(29,30)20-11-7-18(8-12-20)24-22(28)14-4-16(2)26/h5-12,15-16,25-26H,3-4,13-14H2,1-2H3,(H,23,27)(H,24,28). The number of amides is 2. The summed E-state index contributed by atoms with van der Waals surface area (Å²) in [5.74, 6) is -0.523. The Morgan fingerprint density at radius 3 is 1.35 bits per heavy atom. The molecule has 2 aromatic rings. The Kier molecular flexibility index (Phi) is 8.73. The molecular formula is C22H28N2O6S. The van der Waals surface area contributed by atoms with Crippen molar-refractivity contribution in [3.63, 3.8) is 0 Å². The number of nitrogens with one attached hydrogen (secondary N) is 2. The van der Waals surface area contributed by atoms with Gasteiger partial charge in [0.1, 0.15) is 0 Å². The highest BCUT2D eigenvalue weighted by Crippen LogP contribution is 2.24. The van der Waals surface area contributed by atoms with Gasteiger partial charge < -0.3 is 20.8 Å². The molecule has 0 bridgehead atoms. The lowest BCUT2D eigenvalue weighted by molar-refractivity contribution is -0.117. The maximum Gasteiger partial charge on any atom is 0.224 e. The minimum Gasteiger partial charge on any atom is -0.393 e. The molecule has 168 valence electrons. The molecule has 0 radical (unpaired) electrons. The second kappa shape index (κ2) is 11.0. The summed E-state index contributed by atoms with van der Waals surface area (Å²) >= 11 is 0. The van der Waals surface area contributed by atoms with Crippen molar-refractivity contribution in [3.05, 3.63) is 48.5 Å². The van der Waals surface area contributed by atoms with Crippen LogP contribution < -0.4 is 10.6 Å². The van der Waals surface area contributed by atoms with Crippen molar-refractivity contribution in [2.24, 2.45) is 0 Å². The topological polar surface area (TPSA) is 133 Å². The van der Waals surface area contributed by atoms with E-state index in [4.69, 9.17) is 0 Å². The van der Waals surface area contributed by atoms with E-state index < -0.39 is 22.0 Å². The fraction of sp³-hybridized carbons (Fsp3) is 0.364. The number of anilines is 2. The number of aliphatic hydroxyl groups is 2. The van der Waals surface area contributed by atoms with Crippen LogP contribution in [0.25, 0.3) is 0 Å². The molecule has 0 spiro atoms. The highest BCUT2D eigenvalue weighted by Gasteiger charge is 2.18. The van der Waals surface area contributed by atoms with E-state index in [1.165, 1.54) is 48.5 Å². The summed E-state index contributed by atoms with van der Waals surface area (Å²) in [7, 11) is -3.76. The lowest BCUT2D eigenvalue weighted by Gasteiger charge is -2.10. The largest absolute Gasteiger partial charge is 0.393 e. The summed E-state index contributed by atoms with van der Waals surface area (Å²) in [4.78, 5) is 23.8. The van der Waals surface area contributed by atoms with Crippen LogP contribution >= 0.6 is 0 Å². The Bertz CT molecular complexity index is 908. The molecule has 2 aromatic carbocycles. The van der Waals surface area contributed by atoms with Crippen molar-refractivity contribution in [3.8, 4) is 0 Å². The van der Waals surface area contributed by atoms with Gasteiger partial charge >= 0.3 is 0 Å². The lowest BCUT2D eigenvalue weighted by Crippen LogP contribution is -2.14. The second-order valence-corrected chi connectivity index (χ2v) is 9.37. The summed E-state index contributed by atoms with van der Waals surface area (Å²) in [5.41, 5.74) is 0.926. The van der Waals surface area contributed by atoms with Crippen LogP contribution in [0.3, 0.4) is 0 Å². The summed E-state index contributed by atoms with van der Waals surface area (Å²) in [6, 6.07) is 11.6. The molecule has 0 aliphatic rings. The molecule has 0 aliphatic heterocycles. The number of hydrogen-bond donors (Lipinski definition) is 4. The first-order chi connectivity index (χ1) is 14.6. The molecule has 0 saturated heterocycles. The highest BCUT2D eigenvalue weighted by molar-refractivity contribution is 7.91. The average molecular weight is 449 g/mol. The van der Waals surface area contributed by atoms with Crippen LogP contribution in [0.4, 0.5) is 11.4 Å². The number of aliphatic hydroxyl groups excluding tert-OH is 2. The van der Waals surface area contributed by atoms with Gasteiger partial charge in [0.2, 0.25) is 21.7 Å². The van der Waals surface area contributed by atoms with Gasteiger partial charge in [0.05, 0.1) is 22.0 Å². The molecule has 2 amide bonds. The fourth-order valence-corrected chi connectivity index (χ4v) is 3.96. The van der Waals surface area contributed by atoms with Gasteiger partial charge in [-0.1, -0.05) is 0 Å². The zero-order valence-electron chi connectivity index (χ0n) is 17.5. The van der Waals surface area contributed by atoms with Crippen LogP contribution in [0.2, 0.25) is 0 Å². The van der Waals surface area contributed by atoms with Crippen molar-refractivity contribution >= 4 is 33.0 Å². The van der Waals surface area contributed by atoms with Crippen LogP contribution in [0.1, 0.15) is 39.5 Å². The zero-order valence-corrected chi connectivity index (χ0v) is 18.4. The van der Waals surface area contributed by atoms with E-state index in [9.17, 15) is 28.2 Å². The third-order valence-electron chi connectivity index (χ3n) is 4.48. The zero-order chi connectivity index (χ0) is 23.0. The lowest BCUT2D eigenvalue weighted by atomic mass is 10.2. The van der Waals surface area contributed by atoms with E-state index >= 15 is 0 Å². The smallest absolute Gasteiger partial charge is 0.224 e. The predicted molar refractivity (Wildman–Crippen MR) is 117 cm³/mol. The first-order valence-electron chi connectivity index (χ1n) is 9.99. The molecule has 31 heavy (non-hydrogen) atoms. The van der Waals surface area contributed by atoms with Crippen LogP contribution in [0.15, 0.2) is 58.3 Å². The maximum atomic E-state index is 12.8. The Morgan fingerprint density at radius 1 is 0.742 bits per heavy atom. The molecule has 0 heterocycles. The molecular weight excluding hydrogens is 420 g/mol. The maximum absolute atomic E-state index is 12.8. The Hall–Kier alpha value is -2.75.